The minimum atomic E-state index is 0.719. The molecule has 0 fully saturated rings. The van der Waals surface area contributed by atoms with E-state index < -0.39 is 0 Å². The maximum atomic E-state index is 5.98. The van der Waals surface area contributed by atoms with Crippen molar-refractivity contribution in [3.63, 3.8) is 0 Å². The second-order valence-corrected chi connectivity index (χ2v) is 4.43. The number of halogens is 1. The van der Waals surface area contributed by atoms with Crippen molar-refractivity contribution in [2.45, 2.75) is 13.5 Å². The van der Waals surface area contributed by atoms with Crippen LogP contribution in [0.5, 0.6) is 11.5 Å². The van der Waals surface area contributed by atoms with Crippen LogP contribution in [-0.2, 0) is 6.54 Å². The van der Waals surface area contributed by atoms with Gasteiger partial charge in [-0.2, -0.15) is 0 Å². The molecule has 18 heavy (non-hydrogen) atoms. The molecule has 0 bridgehead atoms. The third-order valence-corrected chi connectivity index (χ3v) is 2.94. The summed E-state index contributed by atoms with van der Waals surface area (Å²) in [5.41, 5.74) is 1.94. The van der Waals surface area contributed by atoms with Gasteiger partial charge in [0.2, 0.25) is 0 Å². The highest BCUT2D eigenvalue weighted by Gasteiger charge is 2.02. The molecule has 4 heteroatoms. The molecule has 1 heterocycles. The van der Waals surface area contributed by atoms with E-state index in [1.165, 1.54) is 0 Å². The molecule has 1 aromatic heterocycles. The largest absolute Gasteiger partial charge is 0.457 e. The van der Waals surface area contributed by atoms with Gasteiger partial charge in [-0.1, -0.05) is 11.6 Å². The van der Waals surface area contributed by atoms with E-state index in [2.05, 4.69) is 10.3 Å². The molecule has 1 aromatic carbocycles. The van der Waals surface area contributed by atoms with Crippen LogP contribution in [0, 0.1) is 6.92 Å². The summed E-state index contributed by atoms with van der Waals surface area (Å²) >= 11 is 5.98. The molecule has 3 nitrogen and oxygen atoms in total. The van der Waals surface area contributed by atoms with E-state index in [1.807, 2.05) is 44.3 Å². The number of nitrogens with one attached hydrogen (secondary N) is 1. The van der Waals surface area contributed by atoms with Gasteiger partial charge in [-0.3, -0.25) is 4.98 Å². The van der Waals surface area contributed by atoms with Crippen LogP contribution in [0.1, 0.15) is 11.3 Å². The van der Waals surface area contributed by atoms with Crippen molar-refractivity contribution in [3.8, 4) is 11.5 Å². The minimum absolute atomic E-state index is 0.719. The Morgan fingerprint density at radius 3 is 2.72 bits per heavy atom. The van der Waals surface area contributed by atoms with Gasteiger partial charge in [-0.15, -0.1) is 0 Å². The zero-order valence-electron chi connectivity index (χ0n) is 10.4. The third-order valence-electron chi connectivity index (χ3n) is 2.51. The van der Waals surface area contributed by atoms with Gasteiger partial charge >= 0.3 is 0 Å². The van der Waals surface area contributed by atoms with Crippen molar-refractivity contribution in [2.75, 3.05) is 7.05 Å². The smallest absolute Gasteiger partial charge is 0.130 e. The number of nitrogens with zero attached hydrogens (tertiary/aromatic N) is 1. The average Bonchev–Trinajstić information content (AvgIpc) is 2.35. The second-order valence-electron chi connectivity index (χ2n) is 4.03. The van der Waals surface area contributed by atoms with Gasteiger partial charge in [0, 0.05) is 23.8 Å². The van der Waals surface area contributed by atoms with E-state index in [1.54, 1.807) is 6.20 Å². The van der Waals surface area contributed by atoms with Crippen LogP contribution in [0.25, 0.3) is 0 Å². The molecule has 0 saturated heterocycles. The van der Waals surface area contributed by atoms with E-state index >= 15 is 0 Å². The van der Waals surface area contributed by atoms with Crippen molar-refractivity contribution in [1.82, 2.24) is 10.3 Å². The zero-order chi connectivity index (χ0) is 13.0. The number of benzene rings is 1. The molecule has 94 valence electrons. The Kier molecular flexibility index (Phi) is 4.18. The first-order valence-corrected chi connectivity index (χ1v) is 6.10. The van der Waals surface area contributed by atoms with Crippen molar-refractivity contribution in [1.29, 1.82) is 0 Å². The van der Waals surface area contributed by atoms with E-state index in [0.717, 1.165) is 34.3 Å². The molecule has 0 aliphatic rings. The predicted molar refractivity (Wildman–Crippen MR) is 73.3 cm³/mol. The zero-order valence-corrected chi connectivity index (χ0v) is 11.2. The molecule has 0 radical (unpaired) electrons. The maximum Gasteiger partial charge on any atom is 0.130 e. The van der Waals surface area contributed by atoms with Crippen molar-refractivity contribution in [2.24, 2.45) is 0 Å². The molecule has 0 unspecified atom stereocenters. The minimum Gasteiger partial charge on any atom is -0.457 e. The molecule has 0 aliphatic carbocycles. The third kappa shape index (κ3) is 3.22. The molecular weight excluding hydrogens is 248 g/mol. The summed E-state index contributed by atoms with van der Waals surface area (Å²) in [5.74, 6) is 1.55. The normalized spacial score (nSPS) is 10.4. The Morgan fingerprint density at radius 1 is 1.22 bits per heavy atom. The lowest BCUT2D eigenvalue weighted by Gasteiger charge is -2.08. The molecule has 0 aliphatic heterocycles. The first-order chi connectivity index (χ1) is 8.69. The van der Waals surface area contributed by atoms with Gasteiger partial charge in [-0.25, -0.2) is 0 Å². The van der Waals surface area contributed by atoms with Crippen molar-refractivity contribution < 1.29 is 4.74 Å². The molecule has 0 spiro atoms. The van der Waals surface area contributed by atoms with E-state index in [-0.39, 0.29) is 0 Å². The molecule has 0 saturated carbocycles. The van der Waals surface area contributed by atoms with Gasteiger partial charge in [0.15, 0.2) is 0 Å². The Labute approximate surface area is 112 Å². The van der Waals surface area contributed by atoms with Crippen LogP contribution in [0.3, 0.4) is 0 Å². The van der Waals surface area contributed by atoms with Gasteiger partial charge in [0.05, 0.1) is 5.69 Å². The summed E-state index contributed by atoms with van der Waals surface area (Å²) < 4.78 is 5.77. The topological polar surface area (TPSA) is 34.1 Å². The number of aromatic nitrogens is 1. The SMILES string of the molecule is CNCc1cc(Oc2ccc(Cl)c(C)c2)ccn1. The number of ether oxygens (including phenoxy) is 1. The van der Waals surface area contributed by atoms with Crippen LogP contribution in [0.4, 0.5) is 0 Å². The highest BCUT2D eigenvalue weighted by molar-refractivity contribution is 6.31. The summed E-state index contributed by atoms with van der Waals surface area (Å²) in [6, 6.07) is 9.36. The van der Waals surface area contributed by atoms with Crippen LogP contribution in [0.15, 0.2) is 36.5 Å². The fourth-order valence-corrected chi connectivity index (χ4v) is 1.73. The summed E-state index contributed by atoms with van der Waals surface area (Å²) in [4.78, 5) is 4.24. The van der Waals surface area contributed by atoms with Crippen LogP contribution in [0.2, 0.25) is 5.02 Å². The summed E-state index contributed by atoms with van der Waals surface area (Å²) in [6.45, 7) is 2.67. The Balaban J connectivity index is 2.17. The van der Waals surface area contributed by atoms with E-state index in [9.17, 15) is 0 Å². The van der Waals surface area contributed by atoms with Gasteiger partial charge < -0.3 is 10.1 Å². The summed E-state index contributed by atoms with van der Waals surface area (Å²) in [7, 11) is 1.89. The fourth-order valence-electron chi connectivity index (χ4n) is 1.61. The lowest BCUT2D eigenvalue weighted by Crippen LogP contribution is -2.06. The fraction of sp³-hybridized carbons (Fsp3) is 0.214. The van der Waals surface area contributed by atoms with Gasteiger partial charge in [-0.05, 0) is 43.8 Å². The summed E-state index contributed by atoms with van der Waals surface area (Å²) in [5, 5.41) is 3.80. The number of aryl methyl sites for hydroxylation is 1. The highest BCUT2D eigenvalue weighted by atomic mass is 35.5. The standard InChI is InChI=1S/C14H15ClN2O/c1-10-7-12(3-4-14(10)15)18-13-5-6-17-11(8-13)9-16-2/h3-8,16H,9H2,1-2H3. The maximum absolute atomic E-state index is 5.98. The van der Waals surface area contributed by atoms with Crippen molar-refractivity contribution in [3.05, 3.63) is 52.8 Å². The van der Waals surface area contributed by atoms with Crippen molar-refractivity contribution >= 4 is 11.6 Å². The van der Waals surface area contributed by atoms with Crippen LogP contribution in [-0.4, -0.2) is 12.0 Å². The first-order valence-electron chi connectivity index (χ1n) is 5.72. The van der Waals surface area contributed by atoms with Crippen LogP contribution >= 0.6 is 11.6 Å². The van der Waals surface area contributed by atoms with Gasteiger partial charge in [0.1, 0.15) is 11.5 Å². The highest BCUT2D eigenvalue weighted by Crippen LogP contribution is 2.25. The first kappa shape index (κ1) is 12.9. The second kappa shape index (κ2) is 5.85. The van der Waals surface area contributed by atoms with Crippen LogP contribution < -0.4 is 10.1 Å². The summed E-state index contributed by atoms with van der Waals surface area (Å²) in [6.07, 6.45) is 1.74. The molecule has 0 atom stereocenters. The monoisotopic (exact) mass is 262 g/mol. The van der Waals surface area contributed by atoms with Gasteiger partial charge in [0.25, 0.3) is 0 Å². The number of pyridine rings is 1. The quantitative estimate of drug-likeness (QED) is 0.915. The average molecular weight is 263 g/mol. The molecule has 0 amide bonds. The Morgan fingerprint density at radius 2 is 2.00 bits per heavy atom. The lowest BCUT2D eigenvalue weighted by molar-refractivity contribution is 0.480. The Hall–Kier alpha value is -1.58. The molecule has 2 aromatic rings. The molecule has 1 N–H and O–H groups in total. The molecular formula is C14H15ClN2O. The predicted octanol–water partition coefficient (Wildman–Crippen LogP) is 3.56. The number of rotatable bonds is 4. The number of hydrogen-bond acceptors (Lipinski definition) is 3. The van der Waals surface area contributed by atoms with E-state index in [0.29, 0.717) is 0 Å². The molecule has 2 rings (SSSR count). The number of hydrogen-bond donors (Lipinski definition) is 1. The lowest BCUT2D eigenvalue weighted by atomic mass is 10.2. The van der Waals surface area contributed by atoms with E-state index in [4.69, 9.17) is 16.3 Å². The Bertz CT molecular complexity index is 543.